The van der Waals surface area contributed by atoms with Crippen LogP contribution in [0.15, 0.2) is 52.5 Å². The molecule has 5 heteroatoms. The van der Waals surface area contributed by atoms with E-state index in [4.69, 9.17) is 0 Å². The molecular formula is C14H13NO2S2. The summed E-state index contributed by atoms with van der Waals surface area (Å²) in [6.07, 6.45) is 3.18. The van der Waals surface area contributed by atoms with E-state index in [9.17, 15) is 9.59 Å². The van der Waals surface area contributed by atoms with Crippen LogP contribution >= 0.6 is 21.6 Å². The lowest BCUT2D eigenvalue weighted by Crippen LogP contribution is -2.15. The average Bonchev–Trinajstić information content (AvgIpc) is 2.71. The minimum atomic E-state index is -0.00638. The van der Waals surface area contributed by atoms with Crippen molar-refractivity contribution in [2.45, 2.75) is 13.8 Å². The molecule has 1 saturated heterocycles. The Morgan fingerprint density at radius 3 is 1.84 bits per heavy atom. The molecule has 1 fully saturated rings. The molecule has 2 rings (SSSR count). The third-order valence-electron chi connectivity index (χ3n) is 2.32. The Labute approximate surface area is 120 Å². The molecule has 0 unspecified atom stereocenters. The van der Waals surface area contributed by atoms with Gasteiger partial charge in [0.05, 0.1) is 10.1 Å². The van der Waals surface area contributed by atoms with Crippen molar-refractivity contribution in [1.29, 1.82) is 0 Å². The summed E-state index contributed by atoms with van der Waals surface area (Å²) < 4.78 is 0. The maximum atomic E-state index is 11.3. The van der Waals surface area contributed by atoms with Crippen molar-refractivity contribution in [3.8, 4) is 0 Å². The number of carbonyl (C=O) groups excluding carboxylic acids is 2. The summed E-state index contributed by atoms with van der Waals surface area (Å²) in [6.45, 7) is 3.04. The summed E-state index contributed by atoms with van der Waals surface area (Å²) in [5.74, 6) is -0.0128. The Kier molecular flexibility index (Phi) is 4.50. The third-order valence-corrected chi connectivity index (χ3v) is 4.62. The van der Waals surface area contributed by atoms with Gasteiger partial charge < -0.3 is 0 Å². The second-order valence-electron chi connectivity index (χ2n) is 4.02. The summed E-state index contributed by atoms with van der Waals surface area (Å²) in [4.78, 5) is 24.5. The van der Waals surface area contributed by atoms with Crippen LogP contribution in [0.2, 0.25) is 0 Å². The van der Waals surface area contributed by atoms with Crippen molar-refractivity contribution in [2.24, 2.45) is 0 Å². The van der Waals surface area contributed by atoms with E-state index in [1.165, 1.54) is 35.4 Å². The van der Waals surface area contributed by atoms with Crippen molar-refractivity contribution in [2.75, 3.05) is 4.90 Å². The summed E-state index contributed by atoms with van der Waals surface area (Å²) >= 11 is 0. The quantitative estimate of drug-likeness (QED) is 0.626. The molecule has 1 aliphatic heterocycles. The van der Waals surface area contributed by atoms with Gasteiger partial charge in [0.2, 0.25) is 0 Å². The van der Waals surface area contributed by atoms with Crippen molar-refractivity contribution >= 4 is 38.8 Å². The standard InChI is InChI=1S/C14H13NO2S2/c1-10(16)8-13-15(12-6-4-3-5-7-12)14(19-18-13)9-11(2)17/h3-9H,1-2H3/b13-8-,14-9-. The molecule has 98 valence electrons. The Bertz CT molecular complexity index is 532. The minimum absolute atomic E-state index is 0.00638. The van der Waals surface area contributed by atoms with Gasteiger partial charge in [-0.3, -0.25) is 14.5 Å². The van der Waals surface area contributed by atoms with Gasteiger partial charge in [-0.1, -0.05) is 18.2 Å². The van der Waals surface area contributed by atoms with Crippen molar-refractivity contribution in [3.63, 3.8) is 0 Å². The van der Waals surface area contributed by atoms with Crippen LogP contribution < -0.4 is 4.90 Å². The number of para-hydroxylation sites is 1. The zero-order valence-corrected chi connectivity index (χ0v) is 12.3. The first-order chi connectivity index (χ1) is 9.08. The number of nitrogens with zero attached hydrogens (tertiary/aromatic N) is 1. The maximum absolute atomic E-state index is 11.3. The molecule has 0 aliphatic carbocycles. The van der Waals surface area contributed by atoms with Gasteiger partial charge in [0.15, 0.2) is 11.6 Å². The van der Waals surface area contributed by atoms with Gasteiger partial charge in [0, 0.05) is 17.8 Å². The third kappa shape index (κ3) is 3.52. The number of carbonyl (C=O) groups is 2. The fraction of sp³-hybridized carbons (Fsp3) is 0.143. The highest BCUT2D eigenvalue weighted by atomic mass is 33.1. The van der Waals surface area contributed by atoms with E-state index in [-0.39, 0.29) is 11.6 Å². The Hall–Kier alpha value is -1.46. The Morgan fingerprint density at radius 2 is 1.42 bits per heavy atom. The van der Waals surface area contributed by atoms with Crippen LogP contribution in [0, 0.1) is 0 Å². The van der Waals surface area contributed by atoms with E-state index in [0.29, 0.717) is 0 Å². The smallest absolute Gasteiger partial charge is 0.155 e. The number of hydrogen-bond donors (Lipinski definition) is 0. The second kappa shape index (κ2) is 6.12. The predicted molar refractivity (Wildman–Crippen MR) is 81.6 cm³/mol. The summed E-state index contributed by atoms with van der Waals surface area (Å²) in [5, 5.41) is 1.66. The first kappa shape index (κ1) is 14.0. The van der Waals surface area contributed by atoms with E-state index in [1.54, 1.807) is 12.2 Å². The molecule has 0 spiro atoms. The molecular weight excluding hydrogens is 278 g/mol. The largest absolute Gasteiger partial charge is 0.297 e. The SMILES string of the molecule is CC(=O)/C=C1\SS/C(=C\C(C)=O)N1c1ccccc1. The molecule has 0 N–H and O–H groups in total. The normalized spacial score (nSPS) is 19.2. The fourth-order valence-corrected chi connectivity index (χ4v) is 4.09. The van der Waals surface area contributed by atoms with Gasteiger partial charge in [-0.2, -0.15) is 0 Å². The molecule has 1 heterocycles. The van der Waals surface area contributed by atoms with Gasteiger partial charge in [0.25, 0.3) is 0 Å². The van der Waals surface area contributed by atoms with Crippen LogP contribution in [0.25, 0.3) is 0 Å². The first-order valence-corrected chi connectivity index (χ1v) is 7.87. The van der Waals surface area contributed by atoms with E-state index >= 15 is 0 Å². The molecule has 0 atom stereocenters. The molecule has 0 saturated carbocycles. The highest BCUT2D eigenvalue weighted by Crippen LogP contribution is 2.51. The summed E-state index contributed by atoms with van der Waals surface area (Å²) in [6, 6.07) is 9.70. The van der Waals surface area contributed by atoms with Gasteiger partial charge >= 0.3 is 0 Å². The lowest BCUT2D eigenvalue weighted by atomic mass is 10.3. The van der Waals surface area contributed by atoms with Gasteiger partial charge in [-0.25, -0.2) is 0 Å². The molecule has 19 heavy (non-hydrogen) atoms. The highest BCUT2D eigenvalue weighted by Gasteiger charge is 2.26. The number of allylic oxidation sites excluding steroid dienone is 2. The molecule has 3 nitrogen and oxygen atoms in total. The van der Waals surface area contributed by atoms with E-state index in [0.717, 1.165) is 15.7 Å². The maximum Gasteiger partial charge on any atom is 0.155 e. The van der Waals surface area contributed by atoms with Crippen LogP contribution in [-0.4, -0.2) is 11.6 Å². The minimum Gasteiger partial charge on any atom is -0.297 e. The van der Waals surface area contributed by atoms with E-state index in [2.05, 4.69) is 0 Å². The second-order valence-corrected chi connectivity index (χ2v) is 6.19. The number of ketones is 2. The summed E-state index contributed by atoms with van der Waals surface area (Å²) in [5.41, 5.74) is 0.944. The lowest BCUT2D eigenvalue weighted by Gasteiger charge is -2.19. The molecule has 0 amide bonds. The van der Waals surface area contributed by atoms with Crippen LogP contribution in [-0.2, 0) is 9.59 Å². The Morgan fingerprint density at radius 1 is 0.947 bits per heavy atom. The monoisotopic (exact) mass is 291 g/mol. The lowest BCUT2D eigenvalue weighted by molar-refractivity contribution is -0.113. The topological polar surface area (TPSA) is 37.4 Å². The summed E-state index contributed by atoms with van der Waals surface area (Å²) in [7, 11) is 2.97. The first-order valence-electron chi connectivity index (χ1n) is 5.72. The van der Waals surface area contributed by atoms with Crippen LogP contribution in [0.1, 0.15) is 13.8 Å². The highest BCUT2D eigenvalue weighted by molar-refractivity contribution is 8.80. The van der Waals surface area contributed by atoms with Crippen molar-refractivity contribution < 1.29 is 9.59 Å². The molecule has 1 aliphatic rings. The zero-order chi connectivity index (χ0) is 13.8. The van der Waals surface area contributed by atoms with Crippen molar-refractivity contribution in [1.82, 2.24) is 0 Å². The molecule has 0 bridgehead atoms. The van der Waals surface area contributed by atoms with Crippen LogP contribution in [0.4, 0.5) is 5.69 Å². The molecule has 0 aromatic heterocycles. The number of anilines is 1. The zero-order valence-electron chi connectivity index (χ0n) is 10.6. The number of hydrogen-bond acceptors (Lipinski definition) is 5. The van der Waals surface area contributed by atoms with Crippen LogP contribution in [0.5, 0.6) is 0 Å². The van der Waals surface area contributed by atoms with Crippen LogP contribution in [0.3, 0.4) is 0 Å². The van der Waals surface area contributed by atoms with E-state index in [1.807, 2.05) is 35.2 Å². The number of rotatable bonds is 3. The predicted octanol–water partition coefficient (Wildman–Crippen LogP) is 3.75. The average molecular weight is 291 g/mol. The Balaban J connectivity index is 2.45. The fourth-order valence-electron chi connectivity index (χ4n) is 1.63. The number of benzene rings is 1. The van der Waals surface area contributed by atoms with Crippen molar-refractivity contribution in [3.05, 3.63) is 52.5 Å². The van der Waals surface area contributed by atoms with Gasteiger partial charge in [-0.05, 0) is 47.6 Å². The molecule has 1 aromatic carbocycles. The molecule has 1 aromatic rings. The van der Waals surface area contributed by atoms with Gasteiger partial charge in [0.1, 0.15) is 0 Å². The van der Waals surface area contributed by atoms with Gasteiger partial charge in [-0.15, -0.1) is 0 Å². The molecule has 0 radical (unpaired) electrons. The van der Waals surface area contributed by atoms with E-state index < -0.39 is 0 Å².